The van der Waals surface area contributed by atoms with Crippen LogP contribution in [0, 0.1) is 6.92 Å². The van der Waals surface area contributed by atoms with Crippen LogP contribution in [-0.2, 0) is 0 Å². The maximum atomic E-state index is 9.14. The van der Waals surface area contributed by atoms with Gasteiger partial charge in [-0.15, -0.1) is 0 Å². The molecule has 1 atom stereocenters. The van der Waals surface area contributed by atoms with Gasteiger partial charge in [0.2, 0.25) is 0 Å². The topological polar surface area (TPSA) is 35.5 Å². The van der Waals surface area contributed by atoms with Crippen LogP contribution in [0.15, 0.2) is 24.3 Å². The minimum atomic E-state index is 0.269. The third-order valence-corrected chi connectivity index (χ3v) is 4.07. The number of hydrogen-bond donors (Lipinski definition) is 2. The summed E-state index contributed by atoms with van der Waals surface area (Å²) in [6.07, 6.45) is 3.70. The highest BCUT2D eigenvalue weighted by atomic mass is 16.3. The summed E-state index contributed by atoms with van der Waals surface area (Å²) in [6, 6.07) is 9.71. The quantitative estimate of drug-likeness (QED) is 0.753. The molecule has 1 aromatic carbocycles. The largest absolute Gasteiger partial charge is 0.395 e. The van der Waals surface area contributed by atoms with Gasteiger partial charge in [0.25, 0.3) is 0 Å². The maximum absolute atomic E-state index is 9.14. The number of benzene rings is 1. The molecule has 0 bridgehead atoms. The van der Waals surface area contributed by atoms with Crippen LogP contribution >= 0.6 is 0 Å². The third kappa shape index (κ3) is 4.03. The average molecular weight is 262 g/mol. The molecule has 3 heteroatoms. The first kappa shape index (κ1) is 14.5. The molecule has 1 aliphatic carbocycles. The van der Waals surface area contributed by atoms with Gasteiger partial charge in [0, 0.05) is 25.2 Å². The average Bonchev–Trinajstić information content (AvgIpc) is 3.24. The van der Waals surface area contributed by atoms with Gasteiger partial charge < -0.3 is 10.4 Å². The van der Waals surface area contributed by atoms with Crippen LogP contribution in [0.3, 0.4) is 0 Å². The molecule has 0 aliphatic heterocycles. The van der Waals surface area contributed by atoms with Crippen molar-refractivity contribution in [1.29, 1.82) is 0 Å². The zero-order valence-electron chi connectivity index (χ0n) is 12.1. The number of nitrogens with one attached hydrogen (secondary N) is 1. The molecule has 0 saturated heterocycles. The van der Waals surface area contributed by atoms with E-state index >= 15 is 0 Å². The Bertz CT molecular complexity index is 390. The van der Waals surface area contributed by atoms with Crippen molar-refractivity contribution < 1.29 is 5.11 Å². The Labute approximate surface area is 116 Å². The Morgan fingerprint density at radius 1 is 1.32 bits per heavy atom. The predicted molar refractivity (Wildman–Crippen MR) is 79.3 cm³/mol. The molecule has 19 heavy (non-hydrogen) atoms. The Hall–Kier alpha value is -0.900. The Morgan fingerprint density at radius 2 is 2.05 bits per heavy atom. The van der Waals surface area contributed by atoms with Gasteiger partial charge in [-0.05, 0) is 44.4 Å². The van der Waals surface area contributed by atoms with Crippen LogP contribution in [0.25, 0.3) is 0 Å². The molecule has 1 fully saturated rings. The van der Waals surface area contributed by atoms with E-state index in [0.29, 0.717) is 6.04 Å². The predicted octanol–water partition coefficient (Wildman–Crippen LogP) is 2.10. The summed E-state index contributed by atoms with van der Waals surface area (Å²) < 4.78 is 0. The minimum Gasteiger partial charge on any atom is -0.395 e. The highest BCUT2D eigenvalue weighted by Crippen LogP contribution is 2.28. The molecule has 1 aromatic rings. The molecule has 0 radical (unpaired) electrons. The lowest BCUT2D eigenvalue weighted by Gasteiger charge is -2.25. The molecule has 1 unspecified atom stereocenters. The van der Waals surface area contributed by atoms with Gasteiger partial charge in [0.15, 0.2) is 0 Å². The lowest BCUT2D eigenvalue weighted by atomic mass is 9.99. The minimum absolute atomic E-state index is 0.269. The van der Waals surface area contributed by atoms with Gasteiger partial charge >= 0.3 is 0 Å². The van der Waals surface area contributed by atoms with Crippen molar-refractivity contribution in [3.05, 3.63) is 35.4 Å². The Morgan fingerprint density at radius 3 is 2.63 bits per heavy atom. The fourth-order valence-electron chi connectivity index (χ4n) is 2.77. The van der Waals surface area contributed by atoms with Crippen molar-refractivity contribution in [2.24, 2.45) is 0 Å². The maximum Gasteiger partial charge on any atom is 0.0558 e. The second kappa shape index (κ2) is 7.04. The first-order chi connectivity index (χ1) is 9.26. The first-order valence-corrected chi connectivity index (χ1v) is 7.34. The van der Waals surface area contributed by atoms with Crippen LogP contribution in [0.2, 0.25) is 0 Å². The molecule has 2 N–H and O–H groups in total. The number of aryl methyl sites for hydroxylation is 1. The van der Waals surface area contributed by atoms with E-state index in [1.54, 1.807) is 0 Å². The summed E-state index contributed by atoms with van der Waals surface area (Å²) in [5, 5.41) is 12.6. The van der Waals surface area contributed by atoms with Crippen molar-refractivity contribution >= 4 is 0 Å². The highest BCUT2D eigenvalue weighted by molar-refractivity contribution is 5.28. The monoisotopic (exact) mass is 262 g/mol. The molecule has 2 rings (SSSR count). The molecule has 1 aliphatic rings. The number of aliphatic hydroxyl groups excluding tert-OH is 1. The number of hydrogen-bond acceptors (Lipinski definition) is 3. The summed E-state index contributed by atoms with van der Waals surface area (Å²) in [4.78, 5) is 2.43. The van der Waals surface area contributed by atoms with Crippen LogP contribution in [0.1, 0.15) is 36.4 Å². The van der Waals surface area contributed by atoms with Gasteiger partial charge in [-0.3, -0.25) is 4.90 Å². The highest BCUT2D eigenvalue weighted by Gasteiger charge is 2.28. The number of aliphatic hydroxyl groups is 1. The van der Waals surface area contributed by atoms with E-state index in [1.165, 1.54) is 24.0 Å². The lowest BCUT2D eigenvalue weighted by Crippen LogP contribution is -2.32. The molecular weight excluding hydrogens is 236 g/mol. The molecule has 1 saturated carbocycles. The van der Waals surface area contributed by atoms with E-state index in [4.69, 9.17) is 5.11 Å². The fraction of sp³-hybridized carbons (Fsp3) is 0.625. The molecular formula is C16H26N2O. The summed E-state index contributed by atoms with van der Waals surface area (Å²) >= 11 is 0. The van der Waals surface area contributed by atoms with Gasteiger partial charge in [0.05, 0.1) is 6.61 Å². The Balaban J connectivity index is 1.93. The zero-order chi connectivity index (χ0) is 13.7. The van der Waals surface area contributed by atoms with E-state index in [0.717, 1.165) is 25.6 Å². The molecule has 0 spiro atoms. The van der Waals surface area contributed by atoms with E-state index in [1.807, 2.05) is 7.05 Å². The van der Waals surface area contributed by atoms with Crippen LogP contribution in [-0.4, -0.2) is 42.8 Å². The summed E-state index contributed by atoms with van der Waals surface area (Å²) in [5.41, 5.74) is 2.74. The van der Waals surface area contributed by atoms with E-state index in [9.17, 15) is 0 Å². The molecule has 3 nitrogen and oxygen atoms in total. The standard InChI is InChI=1S/C16H26N2O/c1-13-5-3-4-6-15(13)16(17-2)9-10-18(11-12-19)14-7-8-14/h3-6,14,16-17,19H,7-12H2,1-2H3. The molecule has 0 aromatic heterocycles. The van der Waals surface area contributed by atoms with Crippen LogP contribution in [0.4, 0.5) is 0 Å². The molecule has 0 heterocycles. The summed E-state index contributed by atoms with van der Waals surface area (Å²) in [6.45, 7) is 4.32. The normalized spacial score (nSPS) is 16.8. The van der Waals surface area contributed by atoms with Gasteiger partial charge in [0.1, 0.15) is 0 Å². The van der Waals surface area contributed by atoms with E-state index in [-0.39, 0.29) is 6.61 Å². The van der Waals surface area contributed by atoms with Crippen LogP contribution in [0.5, 0.6) is 0 Å². The van der Waals surface area contributed by atoms with Crippen molar-refractivity contribution in [2.75, 3.05) is 26.7 Å². The zero-order valence-corrected chi connectivity index (χ0v) is 12.1. The number of rotatable bonds is 8. The van der Waals surface area contributed by atoms with E-state index < -0.39 is 0 Å². The van der Waals surface area contributed by atoms with Crippen molar-refractivity contribution in [2.45, 2.75) is 38.3 Å². The lowest BCUT2D eigenvalue weighted by molar-refractivity contribution is 0.183. The summed E-state index contributed by atoms with van der Waals surface area (Å²) in [7, 11) is 2.03. The third-order valence-electron chi connectivity index (χ3n) is 4.07. The van der Waals surface area contributed by atoms with Gasteiger partial charge in [-0.25, -0.2) is 0 Å². The van der Waals surface area contributed by atoms with Gasteiger partial charge in [-0.2, -0.15) is 0 Å². The second-order valence-corrected chi connectivity index (χ2v) is 5.48. The molecule has 106 valence electrons. The first-order valence-electron chi connectivity index (χ1n) is 7.34. The SMILES string of the molecule is CNC(CCN(CCO)C1CC1)c1ccccc1C. The van der Waals surface area contributed by atoms with Crippen molar-refractivity contribution in [3.63, 3.8) is 0 Å². The number of nitrogens with zero attached hydrogens (tertiary/aromatic N) is 1. The van der Waals surface area contributed by atoms with Crippen LogP contribution < -0.4 is 5.32 Å². The van der Waals surface area contributed by atoms with E-state index in [2.05, 4.69) is 41.4 Å². The Kier molecular flexibility index (Phi) is 5.37. The summed E-state index contributed by atoms with van der Waals surface area (Å²) in [5.74, 6) is 0. The van der Waals surface area contributed by atoms with Crippen molar-refractivity contribution in [1.82, 2.24) is 10.2 Å². The van der Waals surface area contributed by atoms with Crippen molar-refractivity contribution in [3.8, 4) is 0 Å². The molecule has 0 amide bonds. The second-order valence-electron chi connectivity index (χ2n) is 5.48. The fourth-order valence-corrected chi connectivity index (χ4v) is 2.77. The van der Waals surface area contributed by atoms with Gasteiger partial charge in [-0.1, -0.05) is 24.3 Å². The smallest absolute Gasteiger partial charge is 0.0558 e.